The second-order valence-electron chi connectivity index (χ2n) is 8.09. The fourth-order valence-corrected chi connectivity index (χ4v) is 4.84. The molecule has 0 aliphatic heterocycles. The van der Waals surface area contributed by atoms with Crippen LogP contribution in [0.1, 0.15) is 49.3 Å². The van der Waals surface area contributed by atoms with Gasteiger partial charge in [-0.2, -0.15) is 0 Å². The van der Waals surface area contributed by atoms with Gasteiger partial charge in [0.15, 0.2) is 0 Å². The van der Waals surface area contributed by atoms with E-state index in [0.29, 0.717) is 12.3 Å². The number of nitrogens with zero attached hydrogens (tertiary/aromatic N) is 1. The third-order valence-corrected chi connectivity index (χ3v) is 6.78. The molecule has 0 unspecified atom stereocenters. The first kappa shape index (κ1) is 22.4. The SMILES string of the molecule is Cc1ccccc1CSCC(=O)N(Cc1ccccc1)[C@@H](C)C(=O)NC1CCCC1. The van der Waals surface area contributed by atoms with E-state index in [4.69, 9.17) is 0 Å². The topological polar surface area (TPSA) is 49.4 Å². The molecule has 2 aromatic carbocycles. The van der Waals surface area contributed by atoms with Crippen LogP contribution in [0.5, 0.6) is 0 Å². The highest BCUT2D eigenvalue weighted by Crippen LogP contribution is 2.20. The fraction of sp³-hybridized carbons (Fsp3) is 0.440. The van der Waals surface area contributed by atoms with Crippen LogP contribution in [0.3, 0.4) is 0 Å². The summed E-state index contributed by atoms with van der Waals surface area (Å²) in [5, 5.41) is 3.15. The normalized spacial score (nSPS) is 15.0. The van der Waals surface area contributed by atoms with Gasteiger partial charge in [0, 0.05) is 18.3 Å². The van der Waals surface area contributed by atoms with Gasteiger partial charge in [0.2, 0.25) is 11.8 Å². The number of nitrogens with one attached hydrogen (secondary N) is 1. The number of aryl methyl sites for hydroxylation is 1. The summed E-state index contributed by atoms with van der Waals surface area (Å²) in [6, 6.07) is 17.9. The zero-order chi connectivity index (χ0) is 21.3. The summed E-state index contributed by atoms with van der Waals surface area (Å²) < 4.78 is 0. The monoisotopic (exact) mass is 424 g/mol. The Kier molecular flexibility index (Phi) is 8.38. The molecule has 160 valence electrons. The second-order valence-corrected chi connectivity index (χ2v) is 9.08. The van der Waals surface area contributed by atoms with Gasteiger partial charge in [-0.15, -0.1) is 11.8 Å². The Morgan fingerprint density at radius 3 is 2.43 bits per heavy atom. The minimum Gasteiger partial charge on any atom is -0.352 e. The molecule has 1 aliphatic rings. The van der Waals surface area contributed by atoms with Crippen molar-refractivity contribution in [3.05, 3.63) is 71.3 Å². The largest absolute Gasteiger partial charge is 0.352 e. The summed E-state index contributed by atoms with van der Waals surface area (Å²) in [6.07, 6.45) is 4.41. The number of carbonyl (C=O) groups is 2. The van der Waals surface area contributed by atoms with Crippen LogP contribution < -0.4 is 5.32 Å². The Morgan fingerprint density at radius 2 is 1.73 bits per heavy atom. The molecule has 0 aromatic heterocycles. The number of amides is 2. The molecule has 5 heteroatoms. The number of benzene rings is 2. The maximum absolute atomic E-state index is 13.1. The van der Waals surface area contributed by atoms with Gasteiger partial charge in [0.25, 0.3) is 0 Å². The molecular weight excluding hydrogens is 392 g/mol. The summed E-state index contributed by atoms with van der Waals surface area (Å²) in [7, 11) is 0. The van der Waals surface area contributed by atoms with Crippen LogP contribution in [0, 0.1) is 6.92 Å². The van der Waals surface area contributed by atoms with Gasteiger partial charge < -0.3 is 10.2 Å². The van der Waals surface area contributed by atoms with E-state index in [0.717, 1.165) is 24.2 Å². The Balaban J connectivity index is 1.63. The van der Waals surface area contributed by atoms with Crippen LogP contribution in [0.4, 0.5) is 0 Å². The lowest BCUT2D eigenvalue weighted by Crippen LogP contribution is -2.50. The van der Waals surface area contributed by atoms with Crippen LogP contribution in [0.2, 0.25) is 0 Å². The molecule has 0 saturated heterocycles. The molecule has 3 rings (SSSR count). The maximum Gasteiger partial charge on any atom is 0.242 e. The number of hydrogen-bond donors (Lipinski definition) is 1. The van der Waals surface area contributed by atoms with E-state index in [1.54, 1.807) is 16.7 Å². The lowest BCUT2D eigenvalue weighted by Gasteiger charge is -2.29. The van der Waals surface area contributed by atoms with Crippen molar-refractivity contribution >= 4 is 23.6 Å². The lowest BCUT2D eigenvalue weighted by atomic mass is 10.1. The molecule has 1 saturated carbocycles. The molecule has 0 spiro atoms. The minimum atomic E-state index is -0.489. The molecule has 1 N–H and O–H groups in total. The van der Waals surface area contributed by atoms with Crippen molar-refractivity contribution in [2.45, 2.75) is 63.9 Å². The van der Waals surface area contributed by atoms with Gasteiger partial charge in [-0.1, -0.05) is 67.4 Å². The van der Waals surface area contributed by atoms with Crippen LogP contribution in [0.25, 0.3) is 0 Å². The van der Waals surface area contributed by atoms with E-state index in [9.17, 15) is 9.59 Å². The van der Waals surface area contributed by atoms with E-state index in [1.165, 1.54) is 24.0 Å². The predicted octanol–water partition coefficient (Wildman–Crippen LogP) is 4.70. The zero-order valence-corrected chi connectivity index (χ0v) is 18.8. The smallest absolute Gasteiger partial charge is 0.242 e. The Hall–Kier alpha value is -2.27. The highest BCUT2D eigenvalue weighted by atomic mass is 32.2. The van der Waals surface area contributed by atoms with Crippen molar-refractivity contribution in [3.8, 4) is 0 Å². The van der Waals surface area contributed by atoms with Crippen LogP contribution >= 0.6 is 11.8 Å². The van der Waals surface area contributed by atoms with Gasteiger partial charge in [0.1, 0.15) is 6.04 Å². The van der Waals surface area contributed by atoms with Crippen LogP contribution in [-0.2, 0) is 21.9 Å². The van der Waals surface area contributed by atoms with Crippen molar-refractivity contribution in [1.82, 2.24) is 10.2 Å². The van der Waals surface area contributed by atoms with Crippen molar-refractivity contribution in [2.24, 2.45) is 0 Å². The molecule has 30 heavy (non-hydrogen) atoms. The number of carbonyl (C=O) groups excluding carboxylic acids is 2. The van der Waals surface area contributed by atoms with Crippen molar-refractivity contribution in [3.63, 3.8) is 0 Å². The summed E-state index contributed by atoms with van der Waals surface area (Å²) in [4.78, 5) is 27.7. The van der Waals surface area contributed by atoms with E-state index in [1.807, 2.05) is 49.4 Å². The first-order valence-corrected chi connectivity index (χ1v) is 12.0. The summed E-state index contributed by atoms with van der Waals surface area (Å²) in [5.74, 6) is 1.12. The molecule has 0 bridgehead atoms. The number of hydrogen-bond acceptors (Lipinski definition) is 3. The van der Waals surface area contributed by atoms with E-state index in [-0.39, 0.29) is 17.9 Å². The van der Waals surface area contributed by atoms with Crippen molar-refractivity contribution in [1.29, 1.82) is 0 Å². The number of rotatable bonds is 9. The average molecular weight is 425 g/mol. The Bertz CT molecular complexity index is 834. The molecule has 1 atom stereocenters. The van der Waals surface area contributed by atoms with Gasteiger partial charge in [-0.05, 0) is 43.4 Å². The molecule has 1 fully saturated rings. The number of thioether (sulfide) groups is 1. The fourth-order valence-electron chi connectivity index (χ4n) is 3.86. The van der Waals surface area contributed by atoms with Crippen molar-refractivity contribution in [2.75, 3.05) is 5.75 Å². The standard InChI is InChI=1S/C25H32N2O2S/c1-19-10-6-7-13-22(19)17-30-18-24(28)27(16-21-11-4-3-5-12-21)20(2)25(29)26-23-14-8-9-15-23/h3-7,10-13,20,23H,8-9,14-18H2,1-2H3,(H,26,29)/t20-/m0/s1. The first-order valence-electron chi connectivity index (χ1n) is 10.8. The molecule has 2 aromatic rings. The summed E-state index contributed by atoms with van der Waals surface area (Å²) in [5.41, 5.74) is 3.52. The molecular formula is C25H32N2O2S. The lowest BCUT2D eigenvalue weighted by molar-refractivity contribution is -0.138. The van der Waals surface area contributed by atoms with Gasteiger partial charge in [0.05, 0.1) is 5.75 Å². The van der Waals surface area contributed by atoms with Gasteiger partial charge >= 0.3 is 0 Å². The third-order valence-electron chi connectivity index (χ3n) is 5.81. The molecule has 0 radical (unpaired) electrons. The predicted molar refractivity (Wildman–Crippen MR) is 124 cm³/mol. The van der Waals surface area contributed by atoms with Gasteiger partial charge in [-0.3, -0.25) is 9.59 Å². The maximum atomic E-state index is 13.1. The quantitative estimate of drug-likeness (QED) is 0.634. The average Bonchev–Trinajstić information content (AvgIpc) is 3.26. The van der Waals surface area contributed by atoms with Crippen LogP contribution in [0.15, 0.2) is 54.6 Å². The summed E-state index contributed by atoms with van der Waals surface area (Å²) >= 11 is 1.61. The molecule has 1 aliphatic carbocycles. The van der Waals surface area contributed by atoms with E-state index >= 15 is 0 Å². The van der Waals surface area contributed by atoms with Crippen molar-refractivity contribution < 1.29 is 9.59 Å². The van der Waals surface area contributed by atoms with E-state index in [2.05, 4.69) is 24.4 Å². The molecule has 4 nitrogen and oxygen atoms in total. The van der Waals surface area contributed by atoms with Crippen LogP contribution in [-0.4, -0.2) is 34.6 Å². The molecule has 0 heterocycles. The molecule has 2 amide bonds. The highest BCUT2D eigenvalue weighted by molar-refractivity contribution is 7.99. The Labute approximate surface area is 184 Å². The first-order chi connectivity index (χ1) is 14.5. The summed E-state index contributed by atoms with van der Waals surface area (Å²) in [6.45, 7) is 4.38. The second kappa shape index (κ2) is 11.2. The highest BCUT2D eigenvalue weighted by Gasteiger charge is 2.28. The minimum absolute atomic E-state index is 0.00603. The van der Waals surface area contributed by atoms with Gasteiger partial charge in [-0.25, -0.2) is 0 Å². The Morgan fingerprint density at radius 1 is 1.07 bits per heavy atom. The van der Waals surface area contributed by atoms with E-state index < -0.39 is 6.04 Å². The third kappa shape index (κ3) is 6.36. The zero-order valence-electron chi connectivity index (χ0n) is 18.0.